The van der Waals surface area contributed by atoms with Crippen molar-refractivity contribution in [3.63, 3.8) is 0 Å². The first-order valence-corrected chi connectivity index (χ1v) is 16.0. The summed E-state index contributed by atoms with van der Waals surface area (Å²) in [5, 5.41) is 6.38. The van der Waals surface area contributed by atoms with Gasteiger partial charge in [-0.25, -0.2) is 14.6 Å². The molecule has 16 heteroatoms. The summed E-state index contributed by atoms with van der Waals surface area (Å²) in [4.78, 5) is 64.4. The van der Waals surface area contributed by atoms with Gasteiger partial charge in [-0.05, 0) is 71.6 Å². The van der Waals surface area contributed by atoms with E-state index in [0.29, 0.717) is 0 Å². The average molecular weight is 682 g/mol. The van der Waals surface area contributed by atoms with Crippen molar-refractivity contribution in [3.05, 3.63) is 57.7 Å². The molecule has 5 rings (SSSR count). The number of azide groups is 1. The number of hydrogen-bond donors (Lipinski definition) is 1. The second kappa shape index (κ2) is 13.0. The van der Waals surface area contributed by atoms with Gasteiger partial charge in [0.25, 0.3) is 0 Å². The summed E-state index contributed by atoms with van der Waals surface area (Å²) in [6, 6.07) is 8.47. The smallest absolute Gasteiger partial charge is 0.412 e. The number of aromatic nitrogens is 2. The monoisotopic (exact) mass is 681 g/mol. The Bertz CT molecular complexity index is 1670. The number of amides is 2. The summed E-state index contributed by atoms with van der Waals surface area (Å²) in [5.41, 5.74) is 5.60. The van der Waals surface area contributed by atoms with Crippen molar-refractivity contribution in [1.29, 1.82) is 0 Å². The first-order valence-electron chi connectivity index (χ1n) is 16.0. The molecule has 1 unspecified atom stereocenters. The van der Waals surface area contributed by atoms with Gasteiger partial charge in [0.05, 0.1) is 31.6 Å². The normalized spacial score (nSPS) is 24.4. The lowest BCUT2D eigenvalue weighted by molar-refractivity contribution is -0.144. The third-order valence-electron chi connectivity index (χ3n) is 8.64. The lowest BCUT2D eigenvalue weighted by atomic mass is 9.60. The summed E-state index contributed by atoms with van der Waals surface area (Å²) in [6.07, 6.45) is -1.52. The highest BCUT2D eigenvalue weighted by atomic mass is 16.6. The zero-order valence-corrected chi connectivity index (χ0v) is 29.0. The van der Waals surface area contributed by atoms with Crippen molar-refractivity contribution in [2.45, 2.75) is 97.6 Å². The molecule has 2 aliphatic heterocycles. The van der Waals surface area contributed by atoms with E-state index in [-0.39, 0.29) is 43.9 Å². The molecule has 16 nitrogen and oxygen atoms in total. The number of fused-ring (bicyclic) bond motifs is 2. The fourth-order valence-electron chi connectivity index (χ4n) is 6.68. The van der Waals surface area contributed by atoms with E-state index in [1.54, 1.807) is 55.4 Å². The van der Waals surface area contributed by atoms with Gasteiger partial charge < -0.3 is 29.0 Å². The maximum absolute atomic E-state index is 14.8. The molecular formula is C33H43N7O9. The van der Waals surface area contributed by atoms with Gasteiger partial charge in [0.15, 0.2) is 11.4 Å². The van der Waals surface area contributed by atoms with Crippen LogP contribution >= 0.6 is 0 Å². The third-order valence-corrected chi connectivity index (χ3v) is 8.64. The van der Waals surface area contributed by atoms with Crippen LogP contribution in [0.1, 0.15) is 83.1 Å². The van der Waals surface area contributed by atoms with Gasteiger partial charge in [-0.1, -0.05) is 30.3 Å². The minimum absolute atomic E-state index is 0.0149. The molecule has 2 amide bonds. The molecule has 2 fully saturated rings. The molecule has 0 spiro atoms. The number of alkyl carbamates (subject to hydrolysis) is 1. The summed E-state index contributed by atoms with van der Waals surface area (Å²) in [7, 11) is 0. The highest BCUT2D eigenvalue weighted by Crippen LogP contribution is 2.55. The van der Waals surface area contributed by atoms with Crippen LogP contribution in [0.15, 0.2) is 35.4 Å². The number of cyclic esters (lactones) is 1. The zero-order chi connectivity index (χ0) is 35.9. The largest absolute Gasteiger partial charge is 0.464 e. The Morgan fingerprint density at radius 2 is 1.76 bits per heavy atom. The number of Topliss-reactive ketones (excluding diaryl/α,β-unsaturated/α-hetero) is 1. The van der Waals surface area contributed by atoms with Crippen molar-refractivity contribution < 1.29 is 42.9 Å². The van der Waals surface area contributed by atoms with E-state index in [1.165, 1.54) is 9.47 Å². The van der Waals surface area contributed by atoms with Crippen LogP contribution in [0.25, 0.3) is 10.4 Å². The van der Waals surface area contributed by atoms with Gasteiger partial charge in [0.2, 0.25) is 5.78 Å². The van der Waals surface area contributed by atoms with E-state index in [1.807, 2.05) is 30.3 Å². The summed E-state index contributed by atoms with van der Waals surface area (Å²) in [5.74, 6) is -3.57. The van der Waals surface area contributed by atoms with Crippen LogP contribution < -0.4 is 5.32 Å². The number of esters is 1. The predicted octanol–water partition coefficient (Wildman–Crippen LogP) is 5.34. The van der Waals surface area contributed by atoms with E-state index < -0.39 is 70.7 Å². The lowest BCUT2D eigenvalue weighted by Gasteiger charge is -2.44. The van der Waals surface area contributed by atoms with Crippen LogP contribution in [0.2, 0.25) is 0 Å². The number of benzene rings is 1. The van der Waals surface area contributed by atoms with Crippen LogP contribution in [0.3, 0.4) is 0 Å². The number of nitrogens with zero attached hydrogens (tertiary/aromatic N) is 6. The summed E-state index contributed by atoms with van der Waals surface area (Å²) < 4.78 is 30.2. The molecule has 1 aliphatic carbocycles. The first kappa shape index (κ1) is 35.6. The standard InChI is InChI=1S/C33H43N7O9/c1-30(2,3)48-28(43)35-17-33-20(15-46-26(33)42)22(21-16-47-32(7,8)40(21)29(44)49-31(4,5)6)23-24(25(33)41)39(27(36-23)37-38-34)18-45-14-19-12-10-9-11-13-19/h9-13,20-22H,14-18H2,1-8H3,(H,35,43)/t20-,21+,22+,33?/m0/s1. The minimum Gasteiger partial charge on any atom is -0.464 e. The van der Waals surface area contributed by atoms with Crippen LogP contribution in [0, 0.1) is 11.3 Å². The van der Waals surface area contributed by atoms with Gasteiger partial charge in [-0.3, -0.25) is 19.1 Å². The van der Waals surface area contributed by atoms with E-state index in [4.69, 9.17) is 23.7 Å². The molecule has 0 bridgehead atoms. The highest BCUT2D eigenvalue weighted by Gasteiger charge is 2.68. The second-order valence-electron chi connectivity index (χ2n) is 14.8. The fourth-order valence-corrected chi connectivity index (χ4v) is 6.68. The Labute approximate surface area is 284 Å². The lowest BCUT2D eigenvalue weighted by Crippen LogP contribution is -2.59. The molecule has 49 heavy (non-hydrogen) atoms. The van der Waals surface area contributed by atoms with Crippen LogP contribution in [-0.2, 0) is 41.8 Å². The SMILES string of the molecule is CC(C)(C)OC(=O)NCC12C(=O)OC[C@H]1[C@H]([C@H]1COC(C)(C)N1C(=O)OC(C)(C)C)c1nc(N=[N+]=[N-])n(COCc3ccccc3)c1C2=O. The van der Waals surface area contributed by atoms with Gasteiger partial charge >= 0.3 is 18.2 Å². The topological polar surface area (TPSA) is 196 Å². The van der Waals surface area contributed by atoms with Gasteiger partial charge in [-0.15, -0.1) is 0 Å². The van der Waals surface area contributed by atoms with Crippen LogP contribution in [-0.4, -0.2) is 81.1 Å². The Morgan fingerprint density at radius 3 is 2.39 bits per heavy atom. The van der Waals surface area contributed by atoms with E-state index in [0.717, 1.165) is 5.56 Å². The Balaban J connectivity index is 1.66. The van der Waals surface area contributed by atoms with Gasteiger partial charge in [-0.2, -0.15) is 0 Å². The maximum Gasteiger partial charge on any atom is 0.412 e. The maximum atomic E-state index is 14.8. The summed E-state index contributed by atoms with van der Waals surface area (Å²) >= 11 is 0. The minimum atomic E-state index is -1.97. The number of carbonyl (C=O) groups excluding carboxylic acids is 4. The molecule has 3 heterocycles. The number of ketones is 1. The molecule has 2 saturated heterocycles. The quantitative estimate of drug-likeness (QED) is 0.0949. The predicted molar refractivity (Wildman–Crippen MR) is 172 cm³/mol. The average Bonchev–Trinajstić information content (AvgIpc) is 3.62. The number of rotatable bonds is 8. The number of ether oxygens (including phenoxy) is 5. The number of nitrogens with one attached hydrogen (secondary N) is 1. The number of imidazole rings is 1. The molecular weight excluding hydrogens is 638 g/mol. The van der Waals surface area contributed by atoms with Gasteiger partial charge in [0, 0.05) is 23.3 Å². The van der Waals surface area contributed by atoms with Crippen molar-refractivity contribution in [3.8, 4) is 0 Å². The Hall–Kier alpha value is -4.66. The molecule has 2 aromatic rings. The van der Waals surface area contributed by atoms with Crippen LogP contribution in [0.5, 0.6) is 0 Å². The van der Waals surface area contributed by atoms with E-state index in [2.05, 4.69) is 20.3 Å². The van der Waals surface area contributed by atoms with Crippen molar-refractivity contribution in [2.75, 3.05) is 19.8 Å². The van der Waals surface area contributed by atoms with Crippen molar-refractivity contribution in [2.24, 2.45) is 16.4 Å². The van der Waals surface area contributed by atoms with Gasteiger partial charge in [0.1, 0.15) is 29.4 Å². The third kappa shape index (κ3) is 6.94. The molecule has 4 atom stereocenters. The Kier molecular flexibility index (Phi) is 9.45. The molecule has 1 aromatic heterocycles. The summed E-state index contributed by atoms with van der Waals surface area (Å²) in [6.45, 7) is 12.8. The second-order valence-corrected chi connectivity index (χ2v) is 14.8. The molecule has 0 saturated carbocycles. The van der Waals surface area contributed by atoms with E-state index >= 15 is 0 Å². The van der Waals surface area contributed by atoms with Crippen molar-refractivity contribution in [1.82, 2.24) is 19.8 Å². The van der Waals surface area contributed by atoms with Crippen molar-refractivity contribution >= 4 is 29.9 Å². The molecule has 1 aromatic carbocycles. The Morgan fingerprint density at radius 1 is 1.08 bits per heavy atom. The molecule has 3 aliphatic rings. The fraction of sp³-hybridized carbons (Fsp3) is 0.606. The van der Waals surface area contributed by atoms with Crippen LogP contribution in [0.4, 0.5) is 15.5 Å². The highest BCUT2D eigenvalue weighted by molar-refractivity contribution is 6.15. The zero-order valence-electron chi connectivity index (χ0n) is 29.0. The van der Waals surface area contributed by atoms with E-state index in [9.17, 15) is 24.7 Å². The number of hydrogen-bond acceptors (Lipinski definition) is 11. The molecule has 264 valence electrons. The molecule has 0 radical (unpaired) electrons. The molecule has 1 N–H and O–H groups in total. The first-order chi connectivity index (χ1) is 22.9. The number of carbonyl (C=O) groups is 4.